The van der Waals surface area contributed by atoms with Gasteiger partial charge in [-0.1, -0.05) is 30.3 Å². The number of hydrogen-bond donors (Lipinski definition) is 0. The first kappa shape index (κ1) is 40.5. The molecule has 0 spiro atoms. The molecule has 0 aliphatic heterocycles. The summed E-state index contributed by atoms with van der Waals surface area (Å²) in [5.74, 6) is -61.8. The second-order valence-electron chi connectivity index (χ2n) is 11.5. The molecule has 0 radical (unpaired) electrons. The van der Waals surface area contributed by atoms with Gasteiger partial charge in [0, 0.05) is 11.1 Å². The van der Waals surface area contributed by atoms with E-state index in [1.165, 1.54) is 6.07 Å². The molecule has 6 aromatic rings. The third-order valence-electron chi connectivity index (χ3n) is 8.37. The molecule has 0 unspecified atom stereocenters. The van der Waals surface area contributed by atoms with Gasteiger partial charge in [0.2, 0.25) is 29.0 Å². The van der Waals surface area contributed by atoms with E-state index in [-0.39, 0.29) is 16.3 Å². The van der Waals surface area contributed by atoms with Crippen LogP contribution in [0.3, 0.4) is 0 Å². The Hall–Kier alpha value is -6.15. The van der Waals surface area contributed by atoms with Crippen LogP contribution in [0, 0.1) is 116 Å². The number of aromatic nitrogens is 1. The summed E-state index contributed by atoms with van der Waals surface area (Å²) in [4.78, 5) is 0. The Bertz CT molecular complexity index is 2600. The Balaban J connectivity index is 2.11. The summed E-state index contributed by atoms with van der Waals surface area (Å²) in [6.45, 7) is -1.32. The molecule has 57 heavy (non-hydrogen) atoms. The zero-order chi connectivity index (χ0) is 42.3. The van der Waals surface area contributed by atoms with Crippen LogP contribution in [0.4, 0.5) is 87.8 Å². The first-order valence-corrected chi connectivity index (χ1v) is 14.9. The fourth-order valence-corrected chi connectivity index (χ4v) is 5.85. The number of hydrogen-bond acceptors (Lipinski definition) is 0. The van der Waals surface area contributed by atoms with Gasteiger partial charge >= 0.3 is 0 Å². The molecule has 5 aromatic carbocycles. The third-order valence-corrected chi connectivity index (χ3v) is 8.37. The highest BCUT2D eigenvalue weighted by atomic mass is 19.2. The third kappa shape index (κ3) is 6.01. The number of benzene rings is 5. The minimum absolute atomic E-state index is 0.135. The van der Waals surface area contributed by atoms with E-state index in [1.54, 1.807) is 0 Å². The minimum atomic E-state index is -3.19. The van der Waals surface area contributed by atoms with E-state index in [9.17, 15) is 52.7 Å². The van der Waals surface area contributed by atoms with Crippen molar-refractivity contribution in [3.63, 3.8) is 0 Å². The number of nitrogens with zero attached hydrogens (tertiary/aromatic N) is 1. The van der Waals surface area contributed by atoms with Crippen LogP contribution in [-0.4, -0.2) is 0 Å². The lowest BCUT2D eigenvalue weighted by Crippen LogP contribution is -2.39. The lowest BCUT2D eigenvalue weighted by molar-refractivity contribution is -0.676. The summed E-state index contributed by atoms with van der Waals surface area (Å²) in [6, 6.07) is 5.53. The van der Waals surface area contributed by atoms with Crippen LogP contribution in [0.25, 0.3) is 44.6 Å². The monoisotopic (exact) mass is 834 g/mol. The summed E-state index contributed by atoms with van der Waals surface area (Å²) < 4.78 is 302. The molecular formula is C36H8F20N+. The molecule has 0 saturated carbocycles. The van der Waals surface area contributed by atoms with Gasteiger partial charge in [-0.2, -0.15) is 4.57 Å². The Kier molecular flexibility index (Phi) is 10.2. The van der Waals surface area contributed by atoms with Crippen LogP contribution in [0.5, 0.6) is 0 Å². The molecule has 0 saturated heterocycles. The van der Waals surface area contributed by atoms with Gasteiger partial charge in [-0.05, 0) is 0 Å². The Labute approximate surface area is 302 Å². The largest absolute Gasteiger partial charge is 0.227 e. The van der Waals surface area contributed by atoms with Crippen molar-refractivity contribution >= 4 is 0 Å². The van der Waals surface area contributed by atoms with E-state index >= 15 is 35.1 Å². The normalized spacial score (nSPS) is 11.6. The Morgan fingerprint density at radius 1 is 0.281 bits per heavy atom. The smallest absolute Gasteiger partial charge is 0.203 e. The van der Waals surface area contributed by atoms with Gasteiger partial charge in [-0.25, -0.2) is 87.8 Å². The van der Waals surface area contributed by atoms with E-state index in [0.29, 0.717) is 0 Å². The molecule has 0 bridgehead atoms. The predicted molar refractivity (Wildman–Crippen MR) is 153 cm³/mol. The maximum absolute atomic E-state index is 15.9. The van der Waals surface area contributed by atoms with Crippen molar-refractivity contribution in [2.75, 3.05) is 0 Å². The molecule has 21 heteroatoms. The molecule has 1 heterocycles. The van der Waals surface area contributed by atoms with Gasteiger partial charge in [-0.15, -0.1) is 0 Å². The quantitative estimate of drug-likeness (QED) is 0.0681. The molecule has 1 aromatic heterocycles. The first-order chi connectivity index (χ1) is 26.7. The molecule has 0 amide bonds. The van der Waals surface area contributed by atoms with Crippen LogP contribution >= 0.6 is 0 Å². The van der Waals surface area contributed by atoms with Crippen molar-refractivity contribution in [1.82, 2.24) is 0 Å². The van der Waals surface area contributed by atoms with E-state index < -0.39 is 168 Å². The van der Waals surface area contributed by atoms with Gasteiger partial charge in [-0.3, -0.25) is 0 Å². The summed E-state index contributed by atoms with van der Waals surface area (Å²) in [5.41, 5.74) is -20.5. The van der Waals surface area contributed by atoms with Gasteiger partial charge in [0.1, 0.15) is 5.56 Å². The maximum Gasteiger partial charge on any atom is 0.227 e. The molecule has 296 valence electrons. The summed E-state index contributed by atoms with van der Waals surface area (Å²) >= 11 is 0. The highest BCUT2D eigenvalue weighted by Gasteiger charge is 2.44. The molecule has 6 rings (SSSR count). The fourth-order valence-electron chi connectivity index (χ4n) is 5.85. The van der Waals surface area contributed by atoms with E-state index in [4.69, 9.17) is 0 Å². The summed E-state index contributed by atoms with van der Waals surface area (Å²) in [5, 5.41) is 0. The number of halogens is 20. The van der Waals surface area contributed by atoms with E-state index in [2.05, 4.69) is 0 Å². The maximum atomic E-state index is 15.9. The summed E-state index contributed by atoms with van der Waals surface area (Å²) in [7, 11) is 0. The topological polar surface area (TPSA) is 3.88 Å². The lowest BCUT2D eigenvalue weighted by Gasteiger charge is -2.22. The van der Waals surface area contributed by atoms with E-state index in [0.717, 1.165) is 24.3 Å². The van der Waals surface area contributed by atoms with E-state index in [1.807, 2.05) is 0 Å². The van der Waals surface area contributed by atoms with Crippen LogP contribution in [0.2, 0.25) is 0 Å². The SMILES string of the molecule is Fc1c(F)c(F)c(-c2c[n+](Cc3ccccc3)c(-c3c(F)c(F)c(F)c(F)c3F)c(-c3c(F)c(F)c(F)c(F)c3F)c2-c2c(F)c(F)c(F)c(F)c2F)c(F)c1F. The molecule has 0 aliphatic rings. The highest BCUT2D eigenvalue weighted by Crippen LogP contribution is 2.51. The van der Waals surface area contributed by atoms with Crippen molar-refractivity contribution < 1.29 is 92.4 Å². The molecule has 1 nitrogen and oxygen atoms in total. The average Bonchev–Trinajstić information content (AvgIpc) is 3.19. The fraction of sp³-hybridized carbons (Fsp3) is 0.0278. The zero-order valence-electron chi connectivity index (χ0n) is 26.7. The average molecular weight is 834 g/mol. The van der Waals surface area contributed by atoms with Gasteiger partial charge in [0.15, 0.2) is 106 Å². The molecule has 0 fully saturated rings. The second kappa shape index (κ2) is 14.4. The van der Waals surface area contributed by atoms with Crippen molar-refractivity contribution in [3.05, 3.63) is 158 Å². The molecule has 0 N–H and O–H groups in total. The van der Waals surface area contributed by atoms with Crippen LogP contribution < -0.4 is 4.57 Å². The van der Waals surface area contributed by atoms with Crippen LogP contribution in [-0.2, 0) is 6.54 Å². The molecule has 0 atom stereocenters. The molecule has 0 aliphatic carbocycles. The lowest BCUT2D eigenvalue weighted by atomic mass is 9.83. The van der Waals surface area contributed by atoms with Gasteiger partial charge < -0.3 is 0 Å². The minimum Gasteiger partial charge on any atom is -0.203 e. The Morgan fingerprint density at radius 2 is 0.561 bits per heavy atom. The van der Waals surface area contributed by atoms with Crippen LogP contribution in [0.15, 0.2) is 36.5 Å². The predicted octanol–water partition coefficient (Wildman–Crippen LogP) is 11.5. The first-order valence-electron chi connectivity index (χ1n) is 14.9. The summed E-state index contributed by atoms with van der Waals surface area (Å²) in [6.07, 6.45) is -0.221. The molecular weight excluding hydrogens is 826 g/mol. The van der Waals surface area contributed by atoms with Crippen LogP contribution in [0.1, 0.15) is 5.56 Å². The van der Waals surface area contributed by atoms with Crippen molar-refractivity contribution in [3.8, 4) is 44.6 Å². The van der Waals surface area contributed by atoms with Crippen molar-refractivity contribution in [2.45, 2.75) is 6.54 Å². The van der Waals surface area contributed by atoms with Gasteiger partial charge in [0.05, 0.1) is 27.8 Å². The highest BCUT2D eigenvalue weighted by molar-refractivity contribution is 6.00. The van der Waals surface area contributed by atoms with Crippen molar-refractivity contribution in [1.29, 1.82) is 0 Å². The number of pyridine rings is 1. The van der Waals surface area contributed by atoms with Crippen molar-refractivity contribution in [2.24, 2.45) is 0 Å². The van der Waals surface area contributed by atoms with Gasteiger partial charge in [0.25, 0.3) is 0 Å². The Morgan fingerprint density at radius 3 is 0.912 bits per heavy atom. The standard InChI is InChI=1S/C36H8F20N/c37-16-11(17(38)25(46)32(53)24(16)45)9-7-57(6-8-4-2-1-3-5-8)36(15-22(43)30(51)35(56)31(52)23(15)44)12(14-20(41)28(49)34(55)29(50)21(14)42)10(9)13-18(39)26(47)33(54)27(48)19(13)40/h1-5,7H,6H2/q+1. The zero-order valence-corrected chi connectivity index (χ0v) is 26.7. The second-order valence-corrected chi connectivity index (χ2v) is 11.5. The number of rotatable bonds is 6.